The van der Waals surface area contributed by atoms with Crippen molar-refractivity contribution in [1.29, 1.82) is 0 Å². The molecule has 0 aliphatic rings. The minimum absolute atomic E-state index is 0.235. The number of rotatable bonds is 4. The summed E-state index contributed by atoms with van der Waals surface area (Å²) in [6, 6.07) is 6.85. The van der Waals surface area contributed by atoms with E-state index in [-0.39, 0.29) is 12.4 Å². The Morgan fingerprint density at radius 1 is 1.19 bits per heavy atom. The molecule has 6 heteroatoms. The second kappa shape index (κ2) is 6.51. The van der Waals surface area contributed by atoms with Gasteiger partial charge in [-0.15, -0.1) is 0 Å². The van der Waals surface area contributed by atoms with Crippen molar-refractivity contribution in [2.24, 2.45) is 0 Å². The van der Waals surface area contributed by atoms with Crippen LogP contribution in [0.3, 0.4) is 0 Å². The lowest BCUT2D eigenvalue weighted by Crippen LogP contribution is -2.17. The average Bonchev–Trinajstić information content (AvgIpc) is 2.26. The highest BCUT2D eigenvalue weighted by Gasteiger charge is 2.14. The number of Topliss-reactive ketones (excluding diaryl/α,β-unsaturated/α-hetero) is 1. The largest absolute Gasteiger partial charge is 0.456 e. The second-order valence-corrected chi connectivity index (χ2v) is 6.81. The summed E-state index contributed by atoms with van der Waals surface area (Å²) in [7, 11) is 0. The number of alkyl halides is 2. The highest BCUT2D eigenvalue weighted by molar-refractivity contribution is 9.25. The fraction of sp³-hybridized carbons (Fsp3) is 0.200. The van der Waals surface area contributed by atoms with Gasteiger partial charge >= 0.3 is 5.97 Å². The van der Waals surface area contributed by atoms with Gasteiger partial charge in [-0.3, -0.25) is 4.79 Å². The highest BCUT2D eigenvalue weighted by atomic mass is 79.9. The minimum Gasteiger partial charge on any atom is -0.456 e. The Kier molecular flexibility index (Phi) is 5.64. The standard InChI is InChI=1S/C10H7Br3O3/c11-7-3-1-6(2-4-7)8(14)5-16-10(15)9(12)13/h1-4,9H,5H2. The maximum absolute atomic E-state index is 11.6. The maximum Gasteiger partial charge on any atom is 0.331 e. The molecule has 0 heterocycles. The number of benzene rings is 1. The number of hydrogen-bond donors (Lipinski definition) is 0. The van der Waals surface area contributed by atoms with E-state index in [2.05, 4.69) is 47.8 Å². The van der Waals surface area contributed by atoms with Gasteiger partial charge in [-0.05, 0) is 12.1 Å². The Morgan fingerprint density at radius 2 is 1.75 bits per heavy atom. The van der Waals surface area contributed by atoms with Crippen molar-refractivity contribution < 1.29 is 14.3 Å². The van der Waals surface area contributed by atoms with E-state index in [1.54, 1.807) is 24.3 Å². The molecule has 0 aliphatic heterocycles. The lowest BCUT2D eigenvalue weighted by molar-refractivity contribution is -0.139. The number of esters is 1. The molecule has 0 bridgehead atoms. The lowest BCUT2D eigenvalue weighted by atomic mass is 10.1. The predicted molar refractivity (Wildman–Crippen MR) is 71.1 cm³/mol. The van der Waals surface area contributed by atoms with E-state index in [0.29, 0.717) is 5.56 Å². The SMILES string of the molecule is O=C(COC(=O)C(Br)Br)c1ccc(Br)cc1. The van der Waals surface area contributed by atoms with Gasteiger partial charge < -0.3 is 4.74 Å². The zero-order chi connectivity index (χ0) is 12.1. The first-order valence-corrected chi connectivity index (χ1v) is 6.86. The molecule has 0 atom stereocenters. The molecular weight excluding hydrogens is 408 g/mol. The van der Waals surface area contributed by atoms with Crippen molar-refractivity contribution in [1.82, 2.24) is 0 Å². The zero-order valence-corrected chi connectivity index (χ0v) is 12.7. The third-order valence-electron chi connectivity index (χ3n) is 1.69. The van der Waals surface area contributed by atoms with E-state index in [4.69, 9.17) is 4.74 Å². The molecule has 0 unspecified atom stereocenters. The molecule has 0 aliphatic carbocycles. The highest BCUT2D eigenvalue weighted by Crippen LogP contribution is 2.12. The smallest absolute Gasteiger partial charge is 0.331 e. The molecule has 16 heavy (non-hydrogen) atoms. The van der Waals surface area contributed by atoms with Crippen LogP contribution in [0, 0.1) is 0 Å². The second-order valence-electron chi connectivity index (χ2n) is 2.84. The summed E-state index contributed by atoms with van der Waals surface area (Å²) in [5, 5.41) is 0. The van der Waals surface area contributed by atoms with Crippen LogP contribution in [0.5, 0.6) is 0 Å². The number of carbonyl (C=O) groups is 2. The molecule has 86 valence electrons. The lowest BCUT2D eigenvalue weighted by Gasteiger charge is -2.04. The van der Waals surface area contributed by atoms with E-state index < -0.39 is 9.71 Å². The number of hydrogen-bond acceptors (Lipinski definition) is 3. The van der Waals surface area contributed by atoms with Crippen molar-refractivity contribution >= 4 is 59.5 Å². The van der Waals surface area contributed by atoms with Gasteiger partial charge in [0.05, 0.1) is 0 Å². The quantitative estimate of drug-likeness (QED) is 0.431. The Morgan fingerprint density at radius 3 is 2.25 bits per heavy atom. The summed E-state index contributed by atoms with van der Waals surface area (Å²) >= 11 is 9.23. The molecule has 0 saturated heterocycles. The topological polar surface area (TPSA) is 43.4 Å². The molecule has 0 fully saturated rings. The molecule has 0 aromatic heterocycles. The number of ether oxygens (including phenoxy) is 1. The summed E-state index contributed by atoms with van der Waals surface area (Å²) in [6.07, 6.45) is 0. The zero-order valence-electron chi connectivity index (χ0n) is 7.95. The summed E-state index contributed by atoms with van der Waals surface area (Å²) in [5.74, 6) is -0.757. The van der Waals surface area contributed by atoms with E-state index >= 15 is 0 Å². The van der Waals surface area contributed by atoms with Crippen molar-refractivity contribution in [2.75, 3.05) is 6.61 Å². The normalized spacial score (nSPS) is 10.2. The summed E-state index contributed by atoms with van der Waals surface area (Å²) in [4.78, 5) is 22.6. The van der Waals surface area contributed by atoms with Gasteiger partial charge in [-0.2, -0.15) is 0 Å². The minimum atomic E-state index is -0.585. The van der Waals surface area contributed by atoms with Crippen LogP contribution in [-0.4, -0.2) is 22.1 Å². The summed E-state index contributed by atoms with van der Waals surface area (Å²) in [6.45, 7) is -0.256. The van der Waals surface area contributed by atoms with Crippen LogP contribution in [0.4, 0.5) is 0 Å². The molecule has 0 N–H and O–H groups in total. The molecule has 0 spiro atoms. The Hall–Kier alpha value is -0.200. The van der Waals surface area contributed by atoms with E-state index in [0.717, 1.165) is 4.47 Å². The van der Waals surface area contributed by atoms with Gasteiger partial charge in [-0.25, -0.2) is 4.79 Å². The third-order valence-corrected chi connectivity index (χ3v) is 2.97. The molecule has 3 nitrogen and oxygen atoms in total. The fourth-order valence-corrected chi connectivity index (χ4v) is 1.45. The Bertz CT molecular complexity index is 387. The van der Waals surface area contributed by atoms with Crippen molar-refractivity contribution in [3.63, 3.8) is 0 Å². The Balaban J connectivity index is 2.53. The van der Waals surface area contributed by atoms with Crippen molar-refractivity contribution in [3.05, 3.63) is 34.3 Å². The first kappa shape index (κ1) is 13.9. The van der Waals surface area contributed by atoms with Crippen molar-refractivity contribution in [3.8, 4) is 0 Å². The first-order chi connectivity index (χ1) is 7.50. The predicted octanol–water partition coefficient (Wildman–Crippen LogP) is 3.29. The molecule has 1 rings (SSSR count). The van der Waals surface area contributed by atoms with E-state index in [9.17, 15) is 9.59 Å². The van der Waals surface area contributed by atoms with Gasteiger partial charge in [0.15, 0.2) is 16.1 Å². The monoisotopic (exact) mass is 412 g/mol. The van der Waals surface area contributed by atoms with Crippen LogP contribution in [0.25, 0.3) is 0 Å². The van der Waals surface area contributed by atoms with Crippen LogP contribution in [0.1, 0.15) is 10.4 Å². The number of ketones is 1. The molecule has 0 saturated carbocycles. The molecule has 0 radical (unpaired) electrons. The van der Waals surface area contributed by atoms with Gasteiger partial charge in [0.1, 0.15) is 0 Å². The summed E-state index contributed by atoms with van der Waals surface area (Å²) in [5.41, 5.74) is 0.511. The Labute approximate surface area is 118 Å². The van der Waals surface area contributed by atoms with Gasteiger partial charge in [0, 0.05) is 10.0 Å². The maximum atomic E-state index is 11.6. The summed E-state index contributed by atoms with van der Waals surface area (Å²) < 4.78 is 5.06. The van der Waals surface area contributed by atoms with Crippen LogP contribution < -0.4 is 0 Å². The first-order valence-electron chi connectivity index (χ1n) is 4.24. The van der Waals surface area contributed by atoms with Crippen molar-refractivity contribution in [2.45, 2.75) is 3.74 Å². The fourth-order valence-electron chi connectivity index (χ4n) is 0.919. The number of carbonyl (C=O) groups excluding carboxylic acids is 2. The van der Waals surface area contributed by atoms with E-state index in [1.165, 1.54) is 0 Å². The third kappa shape index (κ3) is 4.35. The molecule has 1 aromatic carbocycles. The molecule has 0 amide bonds. The number of halogens is 3. The molecule has 1 aromatic rings. The van der Waals surface area contributed by atoms with Crippen LogP contribution in [0.2, 0.25) is 0 Å². The molecular formula is C10H7Br3O3. The van der Waals surface area contributed by atoms with E-state index in [1.807, 2.05) is 0 Å². The van der Waals surface area contributed by atoms with Gasteiger partial charge in [0.2, 0.25) is 0 Å². The average molecular weight is 415 g/mol. The van der Waals surface area contributed by atoms with Crippen LogP contribution in [0.15, 0.2) is 28.7 Å². The van der Waals surface area contributed by atoms with Gasteiger partial charge in [-0.1, -0.05) is 59.9 Å². The van der Waals surface area contributed by atoms with Gasteiger partial charge in [0.25, 0.3) is 0 Å². The van der Waals surface area contributed by atoms with Crippen LogP contribution in [-0.2, 0) is 9.53 Å². The van der Waals surface area contributed by atoms with Crippen LogP contribution >= 0.6 is 47.8 Å².